The molecule has 0 bridgehead atoms. The summed E-state index contributed by atoms with van der Waals surface area (Å²) in [7, 11) is 0. The molecule has 0 fully saturated rings. The van der Waals surface area contributed by atoms with Gasteiger partial charge >= 0.3 is 0 Å². The number of nitrogens with one attached hydrogen (secondary N) is 1. The Morgan fingerprint density at radius 2 is 1.86 bits per heavy atom. The second kappa shape index (κ2) is 6.02. The van der Waals surface area contributed by atoms with Crippen LogP contribution in [0.15, 0.2) is 24.3 Å². The number of aryl methyl sites for hydroxylation is 2. The summed E-state index contributed by atoms with van der Waals surface area (Å²) in [4.78, 5) is 0. The first-order valence-electron chi connectivity index (χ1n) is 7.60. The second-order valence-electron chi connectivity index (χ2n) is 6.90. The van der Waals surface area contributed by atoms with Crippen LogP contribution < -0.4 is 5.32 Å². The largest absolute Gasteiger partial charge is 0.308 e. The van der Waals surface area contributed by atoms with Crippen molar-refractivity contribution in [2.24, 2.45) is 0 Å². The number of nitrogens with zero attached hydrogens (tertiary/aromatic N) is 2. The molecule has 0 aliphatic rings. The lowest BCUT2D eigenvalue weighted by molar-refractivity contribution is 0.423. The van der Waals surface area contributed by atoms with E-state index < -0.39 is 0 Å². The van der Waals surface area contributed by atoms with E-state index in [1.165, 1.54) is 22.4 Å². The van der Waals surface area contributed by atoms with E-state index >= 15 is 0 Å². The molecule has 0 aliphatic heterocycles. The third-order valence-corrected chi connectivity index (χ3v) is 3.74. The van der Waals surface area contributed by atoms with E-state index in [-0.39, 0.29) is 5.54 Å². The van der Waals surface area contributed by atoms with E-state index in [0.717, 1.165) is 18.8 Å². The molecular weight excluding hydrogens is 258 g/mol. The Labute approximate surface area is 128 Å². The van der Waals surface area contributed by atoms with Crippen LogP contribution in [0.2, 0.25) is 0 Å². The van der Waals surface area contributed by atoms with Crippen molar-refractivity contribution in [3.05, 3.63) is 52.3 Å². The fourth-order valence-electron chi connectivity index (χ4n) is 2.48. The van der Waals surface area contributed by atoms with Crippen LogP contribution in [-0.2, 0) is 13.1 Å². The minimum atomic E-state index is 0.123. The fourth-order valence-corrected chi connectivity index (χ4v) is 2.48. The average Bonchev–Trinajstić information content (AvgIpc) is 2.61. The lowest BCUT2D eigenvalue weighted by Gasteiger charge is -2.20. The molecule has 1 aromatic carbocycles. The van der Waals surface area contributed by atoms with Gasteiger partial charge in [0.05, 0.1) is 12.2 Å². The van der Waals surface area contributed by atoms with Crippen LogP contribution in [0.5, 0.6) is 0 Å². The SMILES string of the molecule is Cc1cccc(Cn2nc(C)c(CNC(C)(C)C)c2C)c1. The van der Waals surface area contributed by atoms with Crippen molar-refractivity contribution in [1.29, 1.82) is 0 Å². The van der Waals surface area contributed by atoms with Crippen LogP contribution in [-0.4, -0.2) is 15.3 Å². The van der Waals surface area contributed by atoms with Crippen LogP contribution in [0.3, 0.4) is 0 Å². The molecule has 0 radical (unpaired) electrons. The highest BCUT2D eigenvalue weighted by molar-refractivity contribution is 5.27. The van der Waals surface area contributed by atoms with Gasteiger partial charge in [-0.15, -0.1) is 0 Å². The van der Waals surface area contributed by atoms with Gasteiger partial charge in [-0.05, 0) is 47.1 Å². The summed E-state index contributed by atoms with van der Waals surface area (Å²) in [5.41, 5.74) is 6.41. The monoisotopic (exact) mass is 285 g/mol. The maximum atomic E-state index is 4.71. The third-order valence-electron chi connectivity index (χ3n) is 3.74. The van der Waals surface area contributed by atoms with Crippen molar-refractivity contribution < 1.29 is 0 Å². The molecule has 1 aromatic heterocycles. The molecular formula is C18H27N3. The van der Waals surface area contributed by atoms with Crippen molar-refractivity contribution in [1.82, 2.24) is 15.1 Å². The highest BCUT2D eigenvalue weighted by atomic mass is 15.3. The highest BCUT2D eigenvalue weighted by Gasteiger charge is 2.15. The number of benzene rings is 1. The molecule has 0 aliphatic carbocycles. The number of hydrogen-bond acceptors (Lipinski definition) is 2. The van der Waals surface area contributed by atoms with Crippen molar-refractivity contribution >= 4 is 0 Å². The van der Waals surface area contributed by atoms with E-state index in [4.69, 9.17) is 5.10 Å². The van der Waals surface area contributed by atoms with E-state index in [0.29, 0.717) is 0 Å². The van der Waals surface area contributed by atoms with Gasteiger partial charge in [0.15, 0.2) is 0 Å². The van der Waals surface area contributed by atoms with E-state index in [9.17, 15) is 0 Å². The zero-order chi connectivity index (χ0) is 15.6. The van der Waals surface area contributed by atoms with Gasteiger partial charge in [0, 0.05) is 23.3 Å². The number of hydrogen-bond donors (Lipinski definition) is 1. The minimum absolute atomic E-state index is 0.123. The molecule has 0 atom stereocenters. The Morgan fingerprint density at radius 1 is 1.14 bits per heavy atom. The van der Waals surface area contributed by atoms with Crippen LogP contribution in [0.4, 0.5) is 0 Å². The summed E-state index contributed by atoms with van der Waals surface area (Å²) >= 11 is 0. The van der Waals surface area contributed by atoms with Crippen LogP contribution in [0.1, 0.15) is 48.8 Å². The molecule has 3 heteroatoms. The molecule has 21 heavy (non-hydrogen) atoms. The Hall–Kier alpha value is -1.61. The maximum Gasteiger partial charge on any atom is 0.0662 e. The first kappa shape index (κ1) is 15.8. The smallest absolute Gasteiger partial charge is 0.0662 e. The van der Waals surface area contributed by atoms with Gasteiger partial charge in [-0.25, -0.2) is 0 Å². The van der Waals surface area contributed by atoms with Gasteiger partial charge in [-0.1, -0.05) is 29.8 Å². The zero-order valence-corrected chi connectivity index (χ0v) is 14.1. The van der Waals surface area contributed by atoms with E-state index in [1.54, 1.807) is 0 Å². The van der Waals surface area contributed by atoms with Crippen LogP contribution >= 0.6 is 0 Å². The predicted molar refractivity (Wildman–Crippen MR) is 88.6 cm³/mol. The first-order valence-corrected chi connectivity index (χ1v) is 7.60. The molecule has 2 rings (SSSR count). The van der Waals surface area contributed by atoms with Crippen LogP contribution in [0, 0.1) is 20.8 Å². The summed E-state index contributed by atoms with van der Waals surface area (Å²) in [5, 5.41) is 8.27. The zero-order valence-electron chi connectivity index (χ0n) is 14.1. The minimum Gasteiger partial charge on any atom is -0.308 e. The summed E-state index contributed by atoms with van der Waals surface area (Å²) < 4.78 is 2.11. The lowest BCUT2D eigenvalue weighted by atomic mass is 10.1. The van der Waals surface area contributed by atoms with Crippen molar-refractivity contribution in [3.8, 4) is 0 Å². The summed E-state index contributed by atoms with van der Waals surface area (Å²) in [6.45, 7) is 14.7. The summed E-state index contributed by atoms with van der Waals surface area (Å²) in [6.07, 6.45) is 0. The molecule has 1 N–H and O–H groups in total. The number of aromatic nitrogens is 2. The molecule has 114 valence electrons. The van der Waals surface area contributed by atoms with Gasteiger partial charge < -0.3 is 5.32 Å². The van der Waals surface area contributed by atoms with Gasteiger partial charge in [-0.3, -0.25) is 4.68 Å². The Bertz CT molecular complexity index is 618. The quantitative estimate of drug-likeness (QED) is 0.927. The lowest BCUT2D eigenvalue weighted by Crippen LogP contribution is -2.35. The van der Waals surface area contributed by atoms with Crippen molar-refractivity contribution in [3.63, 3.8) is 0 Å². The normalized spacial score (nSPS) is 11.9. The molecule has 0 spiro atoms. The Morgan fingerprint density at radius 3 is 2.48 bits per heavy atom. The molecule has 2 aromatic rings. The predicted octanol–water partition coefficient (Wildman–Crippen LogP) is 3.74. The van der Waals surface area contributed by atoms with E-state index in [2.05, 4.69) is 75.8 Å². The molecule has 3 nitrogen and oxygen atoms in total. The van der Waals surface area contributed by atoms with Gasteiger partial charge in [0.2, 0.25) is 0 Å². The van der Waals surface area contributed by atoms with Gasteiger partial charge in [0.25, 0.3) is 0 Å². The first-order chi connectivity index (χ1) is 9.76. The van der Waals surface area contributed by atoms with Crippen molar-refractivity contribution in [2.45, 2.75) is 60.2 Å². The molecule has 0 saturated carbocycles. The average molecular weight is 285 g/mol. The maximum absolute atomic E-state index is 4.71. The van der Waals surface area contributed by atoms with Crippen LogP contribution in [0.25, 0.3) is 0 Å². The fraction of sp³-hybridized carbons (Fsp3) is 0.500. The molecule has 1 heterocycles. The Balaban J connectivity index is 2.19. The van der Waals surface area contributed by atoms with Gasteiger partial charge in [0.1, 0.15) is 0 Å². The highest BCUT2D eigenvalue weighted by Crippen LogP contribution is 2.16. The Kier molecular flexibility index (Phi) is 4.52. The standard InChI is InChI=1S/C18H27N3/c1-13-8-7-9-16(10-13)12-21-15(3)17(14(2)20-21)11-19-18(4,5)6/h7-10,19H,11-12H2,1-6H3. The van der Waals surface area contributed by atoms with Gasteiger partial charge in [-0.2, -0.15) is 5.10 Å². The topological polar surface area (TPSA) is 29.9 Å². The third kappa shape index (κ3) is 4.18. The number of rotatable bonds is 4. The molecule has 0 amide bonds. The summed E-state index contributed by atoms with van der Waals surface area (Å²) in [5.74, 6) is 0. The van der Waals surface area contributed by atoms with Crippen molar-refractivity contribution in [2.75, 3.05) is 0 Å². The second-order valence-corrected chi connectivity index (χ2v) is 6.90. The molecule has 0 unspecified atom stereocenters. The molecule has 0 saturated heterocycles. The summed E-state index contributed by atoms with van der Waals surface area (Å²) in [6, 6.07) is 8.63. The van der Waals surface area contributed by atoms with E-state index in [1.807, 2.05) is 0 Å².